The Morgan fingerprint density at radius 2 is 1.80 bits per heavy atom. The van der Waals surface area contributed by atoms with Crippen LogP contribution in [0.4, 0.5) is 5.13 Å². The summed E-state index contributed by atoms with van der Waals surface area (Å²) in [6.45, 7) is 2.69. The van der Waals surface area contributed by atoms with Crippen molar-refractivity contribution in [1.29, 1.82) is 0 Å². The molecule has 3 aromatic rings. The maximum Gasteiger partial charge on any atom is 0.260 e. The van der Waals surface area contributed by atoms with E-state index < -0.39 is 10.0 Å². The van der Waals surface area contributed by atoms with Crippen LogP contribution < -0.4 is 4.90 Å². The molecule has 1 aliphatic rings. The van der Waals surface area contributed by atoms with Gasteiger partial charge in [0, 0.05) is 25.2 Å². The summed E-state index contributed by atoms with van der Waals surface area (Å²) in [6, 6.07) is 11.7. The summed E-state index contributed by atoms with van der Waals surface area (Å²) < 4.78 is 33.4. The number of halogens is 2. The van der Waals surface area contributed by atoms with E-state index in [4.69, 9.17) is 16.3 Å². The van der Waals surface area contributed by atoms with Crippen LogP contribution in [0.25, 0.3) is 10.2 Å². The number of rotatable bonds is 8. The van der Waals surface area contributed by atoms with E-state index >= 15 is 0 Å². The monoisotopic (exact) mass is 558 g/mol. The largest absolute Gasteiger partial charge is 0.379 e. The zero-order valence-electron chi connectivity index (χ0n) is 19.5. The first kappa shape index (κ1) is 27.8. The van der Waals surface area contributed by atoms with Crippen LogP contribution in [0.15, 0.2) is 47.4 Å². The van der Waals surface area contributed by atoms with Gasteiger partial charge in [-0.3, -0.25) is 9.69 Å². The molecular formula is C23H28Cl2N4O4S2. The number of morpholine rings is 1. The van der Waals surface area contributed by atoms with Crippen LogP contribution in [0.5, 0.6) is 0 Å². The number of carbonyl (C=O) groups excluding carboxylic acids is 1. The molecule has 190 valence electrons. The molecule has 4 rings (SSSR count). The average molecular weight is 560 g/mol. The van der Waals surface area contributed by atoms with Crippen molar-refractivity contribution >= 4 is 66.6 Å². The first-order chi connectivity index (χ1) is 16.3. The van der Waals surface area contributed by atoms with Gasteiger partial charge >= 0.3 is 0 Å². The molecule has 35 heavy (non-hydrogen) atoms. The highest BCUT2D eigenvalue weighted by molar-refractivity contribution is 7.89. The lowest BCUT2D eigenvalue weighted by Crippen LogP contribution is -2.40. The second-order valence-electron chi connectivity index (χ2n) is 8.24. The molecule has 12 heteroatoms. The molecule has 1 aliphatic heterocycles. The second kappa shape index (κ2) is 12.0. The standard InChI is InChI=1S/C23H27ClN4O4S2.ClH/c1-26(2)11-4-12-28(23-25-21-19(24)5-3-6-20(21)33-23)22(29)17-7-9-18(10-8-17)34(30,31)27-13-15-32-16-14-27;/h3,5-10H,4,11-16H2,1-2H3;1H. The molecule has 0 spiro atoms. The Morgan fingerprint density at radius 1 is 1.11 bits per heavy atom. The Balaban J connectivity index is 0.00000342. The lowest BCUT2D eigenvalue weighted by atomic mass is 10.2. The first-order valence-corrected chi connectivity index (χ1v) is 13.6. The minimum Gasteiger partial charge on any atom is -0.379 e. The fourth-order valence-electron chi connectivity index (χ4n) is 3.71. The second-order valence-corrected chi connectivity index (χ2v) is 11.6. The van der Waals surface area contributed by atoms with Crippen LogP contribution in [0.1, 0.15) is 16.8 Å². The number of sulfonamides is 1. The molecule has 1 saturated heterocycles. The zero-order chi connectivity index (χ0) is 24.3. The highest BCUT2D eigenvalue weighted by Crippen LogP contribution is 2.33. The van der Waals surface area contributed by atoms with Crippen molar-refractivity contribution in [3.8, 4) is 0 Å². The van der Waals surface area contributed by atoms with Gasteiger partial charge in [0.2, 0.25) is 10.0 Å². The van der Waals surface area contributed by atoms with Gasteiger partial charge in [-0.25, -0.2) is 13.4 Å². The Morgan fingerprint density at radius 3 is 2.43 bits per heavy atom. The molecule has 0 radical (unpaired) electrons. The molecule has 2 heterocycles. The van der Waals surface area contributed by atoms with Gasteiger partial charge < -0.3 is 9.64 Å². The van der Waals surface area contributed by atoms with Crippen molar-refractivity contribution in [2.24, 2.45) is 0 Å². The topological polar surface area (TPSA) is 83.1 Å². The van der Waals surface area contributed by atoms with Crippen LogP contribution >= 0.6 is 35.3 Å². The van der Waals surface area contributed by atoms with Gasteiger partial charge in [0.1, 0.15) is 5.52 Å². The fraction of sp³-hybridized carbons (Fsp3) is 0.391. The fourth-order valence-corrected chi connectivity index (χ4v) is 6.41. The van der Waals surface area contributed by atoms with Crippen molar-refractivity contribution in [3.63, 3.8) is 0 Å². The number of para-hydroxylation sites is 1. The van der Waals surface area contributed by atoms with Gasteiger partial charge in [0.05, 0.1) is 27.8 Å². The molecule has 2 aromatic carbocycles. The molecule has 0 atom stereocenters. The number of aromatic nitrogens is 1. The number of thiazole rings is 1. The van der Waals surface area contributed by atoms with E-state index in [0.717, 1.165) is 17.7 Å². The summed E-state index contributed by atoms with van der Waals surface area (Å²) in [5, 5.41) is 1.11. The first-order valence-electron chi connectivity index (χ1n) is 11.0. The molecule has 0 N–H and O–H groups in total. The maximum atomic E-state index is 13.5. The molecule has 1 aromatic heterocycles. The third kappa shape index (κ3) is 6.32. The van der Waals surface area contributed by atoms with Crippen molar-refractivity contribution in [3.05, 3.63) is 53.1 Å². The predicted molar refractivity (Wildman–Crippen MR) is 143 cm³/mol. The summed E-state index contributed by atoms with van der Waals surface area (Å²) >= 11 is 7.72. The smallest absolute Gasteiger partial charge is 0.260 e. The normalized spacial score (nSPS) is 14.7. The van der Waals surface area contributed by atoms with Crippen LogP contribution in [0, 0.1) is 0 Å². The third-order valence-electron chi connectivity index (χ3n) is 5.53. The van der Waals surface area contributed by atoms with E-state index in [1.54, 1.807) is 23.1 Å². The van der Waals surface area contributed by atoms with E-state index in [2.05, 4.69) is 9.88 Å². The van der Waals surface area contributed by atoms with E-state index in [1.165, 1.54) is 27.8 Å². The van der Waals surface area contributed by atoms with Crippen LogP contribution in [-0.4, -0.2) is 82.0 Å². The highest BCUT2D eigenvalue weighted by Gasteiger charge is 2.27. The summed E-state index contributed by atoms with van der Waals surface area (Å²) in [7, 11) is 0.342. The van der Waals surface area contributed by atoms with Gasteiger partial charge in [-0.2, -0.15) is 4.31 Å². The Hall–Kier alpha value is -1.79. The van der Waals surface area contributed by atoms with E-state index in [9.17, 15) is 13.2 Å². The third-order valence-corrected chi connectivity index (χ3v) is 8.79. The molecule has 1 fully saturated rings. The number of ether oxygens (including phenoxy) is 1. The molecule has 8 nitrogen and oxygen atoms in total. The quantitative estimate of drug-likeness (QED) is 0.415. The van der Waals surface area contributed by atoms with Crippen molar-refractivity contribution in [2.75, 3.05) is 58.4 Å². The molecular weight excluding hydrogens is 531 g/mol. The number of benzene rings is 2. The Bertz CT molecular complexity index is 1260. The highest BCUT2D eigenvalue weighted by atomic mass is 35.5. The predicted octanol–water partition coefficient (Wildman–Crippen LogP) is 3.99. The van der Waals surface area contributed by atoms with Gasteiger partial charge in [0.25, 0.3) is 5.91 Å². The van der Waals surface area contributed by atoms with Gasteiger partial charge in [-0.05, 0) is 63.5 Å². The molecule has 0 unspecified atom stereocenters. The van der Waals surface area contributed by atoms with Crippen molar-refractivity contribution in [1.82, 2.24) is 14.2 Å². The van der Waals surface area contributed by atoms with Crippen molar-refractivity contribution < 1.29 is 17.9 Å². The maximum absolute atomic E-state index is 13.5. The SMILES string of the molecule is CN(C)CCCN(C(=O)c1ccc(S(=O)(=O)N2CCOCC2)cc1)c1nc2c(Cl)cccc2s1.Cl. The number of carbonyl (C=O) groups is 1. The number of amides is 1. The Labute approximate surface area is 220 Å². The number of hydrogen-bond acceptors (Lipinski definition) is 7. The van der Waals surface area contributed by atoms with Gasteiger partial charge in [-0.15, -0.1) is 12.4 Å². The number of nitrogens with zero attached hydrogens (tertiary/aromatic N) is 4. The summed E-state index contributed by atoms with van der Waals surface area (Å²) in [4.78, 5) is 22.0. The van der Waals surface area contributed by atoms with Crippen LogP contribution in [-0.2, 0) is 14.8 Å². The number of fused-ring (bicyclic) bond motifs is 1. The molecule has 0 saturated carbocycles. The molecule has 0 bridgehead atoms. The molecule has 0 aliphatic carbocycles. The van der Waals surface area contributed by atoms with E-state index in [-0.39, 0.29) is 23.2 Å². The zero-order valence-corrected chi connectivity index (χ0v) is 22.7. The average Bonchev–Trinajstić information content (AvgIpc) is 3.27. The Kier molecular flexibility index (Phi) is 9.50. The van der Waals surface area contributed by atoms with Crippen LogP contribution in [0.3, 0.4) is 0 Å². The van der Waals surface area contributed by atoms with Crippen LogP contribution in [0.2, 0.25) is 5.02 Å². The lowest BCUT2D eigenvalue weighted by Gasteiger charge is -2.26. The summed E-state index contributed by atoms with van der Waals surface area (Å²) in [5.74, 6) is -0.232. The lowest BCUT2D eigenvalue weighted by molar-refractivity contribution is 0.0730. The summed E-state index contributed by atoms with van der Waals surface area (Å²) in [5.41, 5.74) is 1.07. The molecule has 1 amide bonds. The minimum atomic E-state index is -3.62. The minimum absolute atomic E-state index is 0. The van der Waals surface area contributed by atoms with Crippen molar-refractivity contribution in [2.45, 2.75) is 11.3 Å². The summed E-state index contributed by atoms with van der Waals surface area (Å²) in [6.07, 6.45) is 0.756. The van der Waals surface area contributed by atoms with E-state index in [1.807, 2.05) is 26.2 Å². The van der Waals surface area contributed by atoms with Gasteiger partial charge in [-0.1, -0.05) is 29.0 Å². The van der Waals surface area contributed by atoms with E-state index in [0.29, 0.717) is 54.1 Å². The number of anilines is 1. The number of hydrogen-bond donors (Lipinski definition) is 0. The van der Waals surface area contributed by atoms with Gasteiger partial charge in [0.15, 0.2) is 5.13 Å².